The molecule has 22 heavy (non-hydrogen) atoms. The highest BCUT2D eigenvalue weighted by atomic mass is 16.5. The Bertz CT molecular complexity index is 641. The fraction of sp³-hybridized carbons (Fsp3) is 0.278. The lowest BCUT2D eigenvalue weighted by Gasteiger charge is -2.18. The van der Waals surface area contributed by atoms with Gasteiger partial charge in [0.25, 0.3) is 0 Å². The van der Waals surface area contributed by atoms with Crippen molar-refractivity contribution in [1.29, 1.82) is 0 Å². The van der Waals surface area contributed by atoms with Crippen molar-refractivity contribution in [2.24, 2.45) is 0 Å². The van der Waals surface area contributed by atoms with Crippen molar-refractivity contribution in [3.63, 3.8) is 0 Å². The van der Waals surface area contributed by atoms with Gasteiger partial charge in [-0.3, -0.25) is 0 Å². The van der Waals surface area contributed by atoms with Crippen molar-refractivity contribution in [3.05, 3.63) is 59.7 Å². The average molecular weight is 296 g/mol. The number of urea groups is 1. The van der Waals surface area contributed by atoms with E-state index in [-0.39, 0.29) is 6.03 Å². The van der Waals surface area contributed by atoms with Crippen LogP contribution >= 0.6 is 0 Å². The number of aryl methyl sites for hydroxylation is 1. The summed E-state index contributed by atoms with van der Waals surface area (Å²) >= 11 is 0. The van der Waals surface area contributed by atoms with Crippen LogP contribution in [0.1, 0.15) is 17.5 Å². The maximum absolute atomic E-state index is 11.8. The number of amides is 2. The van der Waals surface area contributed by atoms with Gasteiger partial charge in [0.2, 0.25) is 0 Å². The smallest absolute Gasteiger partial charge is 0.319 e. The molecule has 0 aromatic heterocycles. The van der Waals surface area contributed by atoms with Gasteiger partial charge in [-0.1, -0.05) is 30.3 Å². The van der Waals surface area contributed by atoms with Crippen molar-refractivity contribution >= 4 is 11.7 Å². The number of carbonyl (C=O) groups is 1. The monoisotopic (exact) mass is 296 g/mol. The predicted molar refractivity (Wildman–Crippen MR) is 87.4 cm³/mol. The third kappa shape index (κ3) is 3.79. The first kappa shape index (κ1) is 14.4. The molecular weight excluding hydrogens is 276 g/mol. The quantitative estimate of drug-likeness (QED) is 0.908. The molecule has 0 radical (unpaired) electrons. The Labute approximate surface area is 130 Å². The zero-order valence-electron chi connectivity index (χ0n) is 12.5. The summed E-state index contributed by atoms with van der Waals surface area (Å²) in [4.78, 5) is 11.8. The lowest BCUT2D eigenvalue weighted by Crippen LogP contribution is -2.30. The van der Waals surface area contributed by atoms with E-state index in [1.807, 2.05) is 36.4 Å². The maximum atomic E-state index is 11.8. The minimum Gasteiger partial charge on any atom is -0.493 e. The summed E-state index contributed by atoms with van der Waals surface area (Å²) in [6.07, 6.45) is 2.97. The Balaban J connectivity index is 1.47. The summed E-state index contributed by atoms with van der Waals surface area (Å²) in [7, 11) is 0. The third-order valence-corrected chi connectivity index (χ3v) is 3.70. The zero-order valence-corrected chi connectivity index (χ0v) is 12.5. The van der Waals surface area contributed by atoms with Gasteiger partial charge >= 0.3 is 6.03 Å². The molecule has 2 aromatic rings. The first-order valence-electron chi connectivity index (χ1n) is 7.66. The summed E-state index contributed by atoms with van der Waals surface area (Å²) in [5.41, 5.74) is 3.30. The Morgan fingerprint density at radius 2 is 2.00 bits per heavy atom. The van der Waals surface area contributed by atoms with Crippen molar-refractivity contribution in [2.75, 3.05) is 18.5 Å². The molecule has 2 amide bonds. The van der Waals surface area contributed by atoms with E-state index in [2.05, 4.69) is 22.8 Å². The number of fused-ring (bicyclic) bond motifs is 1. The molecule has 0 saturated carbocycles. The van der Waals surface area contributed by atoms with Gasteiger partial charge in [0.1, 0.15) is 5.75 Å². The number of hydrogen-bond acceptors (Lipinski definition) is 2. The number of carbonyl (C=O) groups excluding carboxylic acids is 1. The first-order chi connectivity index (χ1) is 10.8. The fourth-order valence-electron chi connectivity index (χ4n) is 2.59. The standard InChI is InChI=1S/C18H20N2O2/c21-18(20-16-6-2-1-3-7-16)19-11-10-14-8-9-17-15(13-14)5-4-12-22-17/h1-3,6-9,13H,4-5,10-12H2,(H2,19,20,21). The molecule has 0 saturated heterocycles. The van der Waals surface area contributed by atoms with Gasteiger partial charge in [0.05, 0.1) is 6.61 Å². The van der Waals surface area contributed by atoms with E-state index in [0.29, 0.717) is 6.54 Å². The minimum atomic E-state index is -0.174. The molecule has 3 rings (SSSR count). The van der Waals surface area contributed by atoms with Crippen LogP contribution in [0.3, 0.4) is 0 Å². The Morgan fingerprint density at radius 3 is 2.86 bits per heavy atom. The van der Waals surface area contributed by atoms with E-state index in [4.69, 9.17) is 4.74 Å². The molecule has 1 aliphatic heterocycles. The van der Waals surface area contributed by atoms with Gasteiger partial charge in [0, 0.05) is 12.2 Å². The van der Waals surface area contributed by atoms with E-state index in [1.54, 1.807) is 0 Å². The minimum absolute atomic E-state index is 0.174. The summed E-state index contributed by atoms with van der Waals surface area (Å²) in [6, 6.07) is 15.6. The molecule has 0 fully saturated rings. The summed E-state index contributed by atoms with van der Waals surface area (Å²) in [5, 5.41) is 5.69. The maximum Gasteiger partial charge on any atom is 0.319 e. The predicted octanol–water partition coefficient (Wildman–Crippen LogP) is 3.38. The van der Waals surface area contributed by atoms with Crippen molar-refractivity contribution < 1.29 is 9.53 Å². The molecule has 114 valence electrons. The third-order valence-electron chi connectivity index (χ3n) is 3.70. The zero-order chi connectivity index (χ0) is 15.2. The van der Waals surface area contributed by atoms with Gasteiger partial charge in [0.15, 0.2) is 0 Å². The number of benzene rings is 2. The van der Waals surface area contributed by atoms with Crippen molar-refractivity contribution in [3.8, 4) is 5.75 Å². The Kier molecular flexibility index (Phi) is 4.59. The molecule has 0 spiro atoms. The molecule has 4 nitrogen and oxygen atoms in total. The van der Waals surface area contributed by atoms with E-state index in [0.717, 1.165) is 37.3 Å². The Morgan fingerprint density at radius 1 is 1.14 bits per heavy atom. The van der Waals surface area contributed by atoms with Crippen LogP contribution in [-0.4, -0.2) is 19.2 Å². The van der Waals surface area contributed by atoms with Crippen molar-refractivity contribution in [1.82, 2.24) is 5.32 Å². The van der Waals surface area contributed by atoms with Gasteiger partial charge in [-0.05, 0) is 48.6 Å². The molecule has 0 unspecified atom stereocenters. The number of para-hydroxylation sites is 1. The van der Waals surface area contributed by atoms with Gasteiger partial charge in [-0.2, -0.15) is 0 Å². The number of nitrogens with one attached hydrogen (secondary N) is 2. The topological polar surface area (TPSA) is 50.4 Å². The SMILES string of the molecule is O=C(NCCc1ccc2c(c1)CCCO2)Nc1ccccc1. The number of hydrogen-bond donors (Lipinski definition) is 2. The Hall–Kier alpha value is -2.49. The second-order valence-electron chi connectivity index (χ2n) is 5.39. The molecular formula is C18H20N2O2. The van der Waals surface area contributed by atoms with Crippen LogP contribution < -0.4 is 15.4 Å². The molecule has 0 aliphatic carbocycles. The van der Waals surface area contributed by atoms with E-state index in [1.165, 1.54) is 11.1 Å². The van der Waals surface area contributed by atoms with Crippen LogP contribution in [0.2, 0.25) is 0 Å². The van der Waals surface area contributed by atoms with Gasteiger partial charge < -0.3 is 15.4 Å². The average Bonchev–Trinajstić information content (AvgIpc) is 2.55. The fourth-order valence-corrected chi connectivity index (χ4v) is 2.59. The molecule has 2 N–H and O–H groups in total. The van der Waals surface area contributed by atoms with Crippen LogP contribution in [0.15, 0.2) is 48.5 Å². The normalized spacial score (nSPS) is 12.9. The molecule has 0 atom stereocenters. The highest BCUT2D eigenvalue weighted by molar-refractivity contribution is 5.89. The summed E-state index contributed by atoms with van der Waals surface area (Å²) in [5.74, 6) is 1.00. The number of ether oxygens (including phenoxy) is 1. The van der Waals surface area contributed by atoms with E-state index < -0.39 is 0 Å². The largest absolute Gasteiger partial charge is 0.493 e. The molecule has 2 aromatic carbocycles. The van der Waals surface area contributed by atoms with Gasteiger partial charge in [-0.15, -0.1) is 0 Å². The highest BCUT2D eigenvalue weighted by Crippen LogP contribution is 2.25. The van der Waals surface area contributed by atoms with Gasteiger partial charge in [-0.25, -0.2) is 4.79 Å². The van der Waals surface area contributed by atoms with E-state index >= 15 is 0 Å². The second kappa shape index (κ2) is 6.98. The molecule has 1 heterocycles. The van der Waals surface area contributed by atoms with Crippen LogP contribution in [0.25, 0.3) is 0 Å². The van der Waals surface area contributed by atoms with Crippen LogP contribution in [0, 0.1) is 0 Å². The van der Waals surface area contributed by atoms with Crippen molar-refractivity contribution in [2.45, 2.75) is 19.3 Å². The lowest BCUT2D eigenvalue weighted by atomic mass is 10.0. The van der Waals surface area contributed by atoms with Crippen LogP contribution in [-0.2, 0) is 12.8 Å². The van der Waals surface area contributed by atoms with E-state index in [9.17, 15) is 4.79 Å². The van der Waals surface area contributed by atoms with Crippen LogP contribution in [0.5, 0.6) is 5.75 Å². The highest BCUT2D eigenvalue weighted by Gasteiger charge is 2.10. The number of anilines is 1. The van der Waals surface area contributed by atoms with Crippen LogP contribution in [0.4, 0.5) is 10.5 Å². The first-order valence-corrected chi connectivity index (χ1v) is 7.66. The summed E-state index contributed by atoms with van der Waals surface area (Å²) in [6.45, 7) is 1.42. The molecule has 1 aliphatic rings. The number of rotatable bonds is 4. The molecule has 4 heteroatoms. The second-order valence-corrected chi connectivity index (χ2v) is 5.39. The summed E-state index contributed by atoms with van der Waals surface area (Å²) < 4.78 is 5.61. The lowest BCUT2D eigenvalue weighted by molar-refractivity contribution is 0.252. The molecule has 0 bridgehead atoms.